The van der Waals surface area contributed by atoms with Crippen LogP contribution < -0.4 is 11.1 Å². The minimum Gasteiger partial charge on any atom is -0.381 e. The van der Waals surface area contributed by atoms with E-state index in [2.05, 4.69) is 5.32 Å². The van der Waals surface area contributed by atoms with Crippen LogP contribution >= 0.6 is 0 Å². The van der Waals surface area contributed by atoms with Gasteiger partial charge in [-0.3, -0.25) is 4.79 Å². The molecule has 0 atom stereocenters. The third-order valence-electron chi connectivity index (χ3n) is 2.80. The lowest BCUT2D eigenvalue weighted by molar-refractivity contribution is -0.124. The Morgan fingerprint density at radius 3 is 2.54 bits per heavy atom. The molecule has 0 unspecified atom stereocenters. The van der Waals surface area contributed by atoms with E-state index in [4.69, 9.17) is 10.5 Å². The van der Waals surface area contributed by atoms with Gasteiger partial charge < -0.3 is 15.8 Å². The molecule has 2 rings (SSSR count). The Bertz CT molecular complexity index is 208. The van der Waals surface area contributed by atoms with E-state index in [0.29, 0.717) is 0 Å². The maximum atomic E-state index is 11.5. The average Bonchev–Trinajstić information content (AvgIpc) is 2.87. The van der Waals surface area contributed by atoms with E-state index < -0.39 is 5.54 Å². The normalized spacial score (nSPS) is 26.8. The summed E-state index contributed by atoms with van der Waals surface area (Å²) in [6, 6.07) is 0.280. The second-order valence-electron chi connectivity index (χ2n) is 4.02. The number of hydrogen-bond acceptors (Lipinski definition) is 3. The third kappa shape index (κ3) is 2.00. The molecule has 4 nitrogen and oxygen atoms in total. The average molecular weight is 184 g/mol. The van der Waals surface area contributed by atoms with Crippen LogP contribution in [0.5, 0.6) is 0 Å². The summed E-state index contributed by atoms with van der Waals surface area (Å²) in [5.74, 6) is 0.0272. The van der Waals surface area contributed by atoms with Gasteiger partial charge in [0.25, 0.3) is 0 Å². The molecule has 0 aromatic carbocycles. The molecule has 1 heterocycles. The third-order valence-corrected chi connectivity index (χ3v) is 2.80. The summed E-state index contributed by atoms with van der Waals surface area (Å²) < 4.78 is 5.20. The summed E-state index contributed by atoms with van der Waals surface area (Å²) in [5.41, 5.74) is 5.23. The molecular weight excluding hydrogens is 168 g/mol. The second kappa shape index (κ2) is 3.27. The lowest BCUT2D eigenvalue weighted by Gasteiger charge is -2.24. The Hall–Kier alpha value is -0.610. The van der Waals surface area contributed by atoms with Crippen LogP contribution in [0, 0.1) is 0 Å². The fourth-order valence-corrected chi connectivity index (χ4v) is 1.53. The van der Waals surface area contributed by atoms with Crippen molar-refractivity contribution in [2.45, 2.75) is 37.3 Å². The van der Waals surface area contributed by atoms with Crippen molar-refractivity contribution in [1.82, 2.24) is 5.32 Å². The molecule has 0 aromatic heterocycles. The van der Waals surface area contributed by atoms with Gasteiger partial charge >= 0.3 is 0 Å². The summed E-state index contributed by atoms with van der Waals surface area (Å²) >= 11 is 0. The lowest BCUT2D eigenvalue weighted by Crippen LogP contribution is -2.48. The fraction of sp³-hybridized carbons (Fsp3) is 0.889. The van der Waals surface area contributed by atoms with Crippen molar-refractivity contribution in [2.24, 2.45) is 5.73 Å². The van der Waals surface area contributed by atoms with E-state index in [9.17, 15) is 4.79 Å². The first-order chi connectivity index (χ1) is 6.21. The van der Waals surface area contributed by atoms with E-state index in [-0.39, 0.29) is 11.9 Å². The lowest BCUT2D eigenvalue weighted by atomic mass is 10.1. The Morgan fingerprint density at radius 2 is 2.00 bits per heavy atom. The zero-order valence-corrected chi connectivity index (χ0v) is 7.71. The van der Waals surface area contributed by atoms with Crippen molar-refractivity contribution in [3.63, 3.8) is 0 Å². The predicted molar refractivity (Wildman–Crippen MR) is 48.1 cm³/mol. The van der Waals surface area contributed by atoms with Crippen molar-refractivity contribution in [1.29, 1.82) is 0 Å². The van der Waals surface area contributed by atoms with E-state index in [1.807, 2.05) is 0 Å². The topological polar surface area (TPSA) is 64.4 Å². The molecule has 1 saturated carbocycles. The predicted octanol–water partition coefficient (Wildman–Crippen LogP) is -0.227. The number of ether oxygens (including phenoxy) is 1. The molecule has 13 heavy (non-hydrogen) atoms. The first kappa shape index (κ1) is 8.97. The van der Waals surface area contributed by atoms with Gasteiger partial charge in [-0.2, -0.15) is 0 Å². The smallest absolute Gasteiger partial charge is 0.240 e. The first-order valence-electron chi connectivity index (χ1n) is 4.88. The summed E-state index contributed by atoms with van der Waals surface area (Å²) in [6.45, 7) is 1.50. The van der Waals surface area contributed by atoms with Crippen molar-refractivity contribution in [3.8, 4) is 0 Å². The van der Waals surface area contributed by atoms with Crippen molar-refractivity contribution < 1.29 is 9.53 Å². The molecule has 3 N–H and O–H groups in total. The monoisotopic (exact) mass is 184 g/mol. The Kier molecular flexibility index (Phi) is 2.26. The Labute approximate surface area is 77.8 Å². The van der Waals surface area contributed by atoms with Crippen LogP contribution in [0.3, 0.4) is 0 Å². The molecule has 1 amide bonds. The van der Waals surface area contributed by atoms with Gasteiger partial charge in [-0.1, -0.05) is 0 Å². The Morgan fingerprint density at radius 1 is 1.38 bits per heavy atom. The SMILES string of the molecule is NC1(C(=O)NC2CCOCC2)CC1. The van der Waals surface area contributed by atoms with Crippen LogP contribution in [-0.2, 0) is 9.53 Å². The molecule has 0 bridgehead atoms. The maximum absolute atomic E-state index is 11.5. The molecule has 74 valence electrons. The number of amides is 1. The van der Waals surface area contributed by atoms with Crippen LogP contribution in [0.4, 0.5) is 0 Å². The quantitative estimate of drug-likeness (QED) is 0.623. The molecule has 0 spiro atoms. The highest BCUT2D eigenvalue weighted by Gasteiger charge is 2.46. The summed E-state index contributed by atoms with van der Waals surface area (Å²) in [4.78, 5) is 11.5. The van der Waals surface area contributed by atoms with Gasteiger partial charge in [-0.15, -0.1) is 0 Å². The number of nitrogens with one attached hydrogen (secondary N) is 1. The van der Waals surface area contributed by atoms with Gasteiger partial charge in [-0.05, 0) is 25.7 Å². The standard InChI is InChI=1S/C9H16N2O2/c10-9(3-4-9)8(12)11-7-1-5-13-6-2-7/h7H,1-6,10H2,(H,11,12). The molecule has 1 aliphatic heterocycles. The number of carbonyl (C=O) groups excluding carboxylic acids is 1. The highest BCUT2D eigenvalue weighted by atomic mass is 16.5. The number of hydrogen-bond donors (Lipinski definition) is 2. The minimum absolute atomic E-state index is 0.0272. The van der Waals surface area contributed by atoms with Gasteiger partial charge in [0.15, 0.2) is 0 Å². The van der Waals surface area contributed by atoms with Crippen LogP contribution in [0.25, 0.3) is 0 Å². The summed E-state index contributed by atoms with van der Waals surface area (Å²) in [7, 11) is 0. The summed E-state index contributed by atoms with van der Waals surface area (Å²) in [6.07, 6.45) is 3.51. The van der Waals surface area contributed by atoms with E-state index >= 15 is 0 Å². The molecule has 2 fully saturated rings. The molecule has 1 aliphatic carbocycles. The number of carbonyl (C=O) groups is 1. The van der Waals surface area contributed by atoms with Crippen LogP contribution in [-0.4, -0.2) is 30.7 Å². The maximum Gasteiger partial charge on any atom is 0.240 e. The van der Waals surface area contributed by atoms with Crippen LogP contribution in [0.15, 0.2) is 0 Å². The van der Waals surface area contributed by atoms with Gasteiger partial charge in [0.05, 0.1) is 5.54 Å². The second-order valence-corrected chi connectivity index (χ2v) is 4.02. The molecule has 1 saturated heterocycles. The first-order valence-corrected chi connectivity index (χ1v) is 4.88. The summed E-state index contributed by atoms with van der Waals surface area (Å²) in [5, 5.41) is 2.98. The van der Waals surface area contributed by atoms with E-state index in [1.54, 1.807) is 0 Å². The molecule has 0 aromatic rings. The minimum atomic E-state index is -0.529. The highest BCUT2D eigenvalue weighted by molar-refractivity contribution is 5.89. The molecule has 0 radical (unpaired) electrons. The highest BCUT2D eigenvalue weighted by Crippen LogP contribution is 2.32. The Balaban J connectivity index is 1.79. The van der Waals surface area contributed by atoms with Gasteiger partial charge in [0.2, 0.25) is 5.91 Å². The van der Waals surface area contributed by atoms with Crippen molar-refractivity contribution >= 4 is 5.91 Å². The van der Waals surface area contributed by atoms with Crippen molar-refractivity contribution in [3.05, 3.63) is 0 Å². The molecule has 4 heteroatoms. The van der Waals surface area contributed by atoms with Crippen molar-refractivity contribution in [2.75, 3.05) is 13.2 Å². The zero-order valence-electron chi connectivity index (χ0n) is 7.71. The zero-order chi connectivity index (χ0) is 9.31. The van der Waals surface area contributed by atoms with E-state index in [1.165, 1.54) is 0 Å². The van der Waals surface area contributed by atoms with Gasteiger partial charge in [0, 0.05) is 19.3 Å². The number of nitrogens with two attached hydrogens (primary N) is 1. The van der Waals surface area contributed by atoms with Gasteiger partial charge in [0.1, 0.15) is 0 Å². The fourth-order valence-electron chi connectivity index (χ4n) is 1.53. The van der Waals surface area contributed by atoms with Crippen LogP contribution in [0.1, 0.15) is 25.7 Å². The van der Waals surface area contributed by atoms with Gasteiger partial charge in [-0.25, -0.2) is 0 Å². The molecule has 2 aliphatic rings. The number of rotatable bonds is 2. The largest absolute Gasteiger partial charge is 0.381 e. The van der Waals surface area contributed by atoms with Crippen LogP contribution in [0.2, 0.25) is 0 Å². The molecular formula is C9H16N2O2. The van der Waals surface area contributed by atoms with E-state index in [0.717, 1.165) is 38.9 Å².